The molecule has 0 aliphatic rings. The van der Waals surface area contributed by atoms with E-state index in [0.29, 0.717) is 17.0 Å². The van der Waals surface area contributed by atoms with Crippen molar-refractivity contribution < 1.29 is 9.59 Å². The highest BCUT2D eigenvalue weighted by molar-refractivity contribution is 7.14. The van der Waals surface area contributed by atoms with Crippen LogP contribution in [0.15, 0.2) is 11.4 Å². The maximum absolute atomic E-state index is 11.5. The van der Waals surface area contributed by atoms with E-state index in [0.717, 1.165) is 12.8 Å². The Balaban J connectivity index is 2.63. The van der Waals surface area contributed by atoms with E-state index in [-0.39, 0.29) is 11.8 Å². The van der Waals surface area contributed by atoms with Gasteiger partial charge < -0.3 is 10.6 Å². The maximum Gasteiger partial charge on any atom is 0.254 e. The fourth-order valence-electron chi connectivity index (χ4n) is 1.25. The fraction of sp³-hybridized carbons (Fsp3) is 0.455. The lowest BCUT2D eigenvalue weighted by atomic mass is 10.2. The van der Waals surface area contributed by atoms with Gasteiger partial charge in [-0.15, -0.1) is 11.3 Å². The Hall–Kier alpha value is -1.36. The summed E-state index contributed by atoms with van der Waals surface area (Å²) in [5.74, 6) is -0.207. The zero-order valence-corrected chi connectivity index (χ0v) is 10.3. The van der Waals surface area contributed by atoms with Crippen LogP contribution in [0.5, 0.6) is 0 Å². The number of amides is 2. The molecule has 16 heavy (non-hydrogen) atoms. The predicted molar refractivity (Wildman–Crippen MR) is 65.9 cm³/mol. The second kappa shape index (κ2) is 6.27. The monoisotopic (exact) mass is 240 g/mol. The Bertz CT molecular complexity index is 374. The van der Waals surface area contributed by atoms with Gasteiger partial charge in [0.2, 0.25) is 5.91 Å². The van der Waals surface area contributed by atoms with Crippen LogP contribution in [-0.2, 0) is 4.79 Å². The molecule has 1 rings (SSSR count). The van der Waals surface area contributed by atoms with E-state index in [2.05, 4.69) is 10.6 Å². The van der Waals surface area contributed by atoms with Crippen LogP contribution in [0.4, 0.5) is 5.00 Å². The van der Waals surface area contributed by atoms with Crippen LogP contribution in [0.3, 0.4) is 0 Å². The third-order valence-corrected chi connectivity index (χ3v) is 2.98. The van der Waals surface area contributed by atoms with Crippen LogP contribution in [0.2, 0.25) is 0 Å². The minimum Gasteiger partial charge on any atom is -0.355 e. The lowest BCUT2D eigenvalue weighted by Crippen LogP contribution is -2.20. The van der Waals surface area contributed by atoms with Gasteiger partial charge in [0.15, 0.2) is 0 Å². The first-order chi connectivity index (χ1) is 7.69. The second-order valence-electron chi connectivity index (χ2n) is 3.39. The molecule has 4 nitrogen and oxygen atoms in total. The summed E-state index contributed by atoms with van der Waals surface area (Å²) in [5, 5.41) is 7.72. The third kappa shape index (κ3) is 3.34. The number of nitrogens with one attached hydrogen (secondary N) is 2. The normalized spacial score (nSPS) is 9.88. The average Bonchev–Trinajstić information content (AvgIpc) is 2.73. The molecule has 0 radical (unpaired) electrons. The van der Waals surface area contributed by atoms with Crippen molar-refractivity contribution in [2.75, 3.05) is 12.4 Å². The van der Waals surface area contributed by atoms with Crippen molar-refractivity contribution in [3.05, 3.63) is 17.0 Å². The molecule has 1 heterocycles. The molecule has 0 bridgehead atoms. The zero-order chi connectivity index (χ0) is 12.0. The molecule has 0 saturated heterocycles. The Labute approximate surface area is 99.0 Å². The van der Waals surface area contributed by atoms with Crippen LogP contribution in [0, 0.1) is 0 Å². The van der Waals surface area contributed by atoms with Gasteiger partial charge in [-0.2, -0.15) is 0 Å². The quantitative estimate of drug-likeness (QED) is 0.829. The number of carbonyl (C=O) groups is 2. The van der Waals surface area contributed by atoms with Crippen molar-refractivity contribution in [3.63, 3.8) is 0 Å². The summed E-state index contributed by atoms with van der Waals surface area (Å²) in [6, 6.07) is 1.71. The smallest absolute Gasteiger partial charge is 0.254 e. The highest BCUT2D eigenvalue weighted by Crippen LogP contribution is 2.23. The largest absolute Gasteiger partial charge is 0.355 e. The number of thiophene rings is 1. The molecule has 0 spiro atoms. The van der Waals surface area contributed by atoms with Gasteiger partial charge in [0.05, 0.1) is 5.56 Å². The van der Waals surface area contributed by atoms with Crippen molar-refractivity contribution >= 4 is 28.2 Å². The van der Waals surface area contributed by atoms with Gasteiger partial charge in [-0.25, -0.2) is 0 Å². The van der Waals surface area contributed by atoms with Crippen molar-refractivity contribution in [3.8, 4) is 0 Å². The van der Waals surface area contributed by atoms with Gasteiger partial charge in [0.1, 0.15) is 5.00 Å². The average molecular weight is 240 g/mol. The van der Waals surface area contributed by atoms with Gasteiger partial charge in [-0.3, -0.25) is 9.59 Å². The van der Waals surface area contributed by atoms with E-state index in [1.54, 1.807) is 18.5 Å². The molecule has 2 N–H and O–H groups in total. The van der Waals surface area contributed by atoms with Crippen LogP contribution < -0.4 is 10.6 Å². The van der Waals surface area contributed by atoms with Gasteiger partial charge in [0, 0.05) is 13.5 Å². The summed E-state index contributed by atoms with van der Waals surface area (Å²) in [7, 11) is 1.57. The number of hydrogen-bond donors (Lipinski definition) is 2. The second-order valence-corrected chi connectivity index (χ2v) is 4.31. The topological polar surface area (TPSA) is 58.2 Å². The van der Waals surface area contributed by atoms with Crippen LogP contribution in [0.25, 0.3) is 0 Å². The van der Waals surface area contributed by atoms with Crippen molar-refractivity contribution in [2.45, 2.75) is 26.2 Å². The SMILES string of the molecule is CCCCC(=O)Nc1sccc1C(=O)NC. The lowest BCUT2D eigenvalue weighted by molar-refractivity contribution is -0.116. The molecule has 0 aliphatic heterocycles. The first-order valence-corrected chi connectivity index (χ1v) is 6.16. The number of hydrogen-bond acceptors (Lipinski definition) is 3. The molecule has 0 aliphatic carbocycles. The molecule has 88 valence electrons. The van der Waals surface area contributed by atoms with E-state index in [4.69, 9.17) is 0 Å². The Morgan fingerprint density at radius 3 is 2.81 bits per heavy atom. The Morgan fingerprint density at radius 1 is 1.44 bits per heavy atom. The number of anilines is 1. The maximum atomic E-state index is 11.5. The summed E-state index contributed by atoms with van der Waals surface area (Å²) in [6.07, 6.45) is 2.36. The van der Waals surface area contributed by atoms with Crippen LogP contribution in [0.1, 0.15) is 36.5 Å². The summed E-state index contributed by atoms with van der Waals surface area (Å²) >= 11 is 1.36. The first-order valence-electron chi connectivity index (χ1n) is 5.28. The standard InChI is InChI=1S/C11H16N2O2S/c1-3-4-5-9(14)13-11-8(6-7-16-11)10(15)12-2/h6-7H,3-5H2,1-2H3,(H,12,15)(H,13,14). The van der Waals surface area contributed by atoms with Crippen LogP contribution in [-0.4, -0.2) is 18.9 Å². The number of carbonyl (C=O) groups excluding carboxylic acids is 2. The van der Waals surface area contributed by atoms with E-state index >= 15 is 0 Å². The van der Waals surface area contributed by atoms with Gasteiger partial charge in [0.25, 0.3) is 5.91 Å². The van der Waals surface area contributed by atoms with Gasteiger partial charge in [-0.1, -0.05) is 13.3 Å². The zero-order valence-electron chi connectivity index (χ0n) is 9.50. The Morgan fingerprint density at radius 2 is 2.19 bits per heavy atom. The lowest BCUT2D eigenvalue weighted by Gasteiger charge is -2.04. The summed E-state index contributed by atoms with van der Waals surface area (Å²) in [6.45, 7) is 2.04. The third-order valence-electron chi connectivity index (χ3n) is 2.15. The number of unbranched alkanes of at least 4 members (excludes halogenated alkanes) is 1. The highest BCUT2D eigenvalue weighted by Gasteiger charge is 2.13. The van der Waals surface area contributed by atoms with Gasteiger partial charge in [-0.05, 0) is 17.9 Å². The molecule has 0 aromatic carbocycles. The van der Waals surface area contributed by atoms with Crippen LogP contribution >= 0.6 is 11.3 Å². The summed E-state index contributed by atoms with van der Waals surface area (Å²) in [5.41, 5.74) is 0.525. The van der Waals surface area contributed by atoms with Crippen molar-refractivity contribution in [2.24, 2.45) is 0 Å². The fourth-order valence-corrected chi connectivity index (χ4v) is 2.05. The minimum absolute atomic E-state index is 0.0329. The van der Waals surface area contributed by atoms with E-state index in [1.807, 2.05) is 6.92 Å². The van der Waals surface area contributed by atoms with E-state index in [1.165, 1.54) is 11.3 Å². The molecule has 0 fully saturated rings. The van der Waals surface area contributed by atoms with Crippen molar-refractivity contribution in [1.82, 2.24) is 5.32 Å². The molecular formula is C11H16N2O2S. The summed E-state index contributed by atoms with van der Waals surface area (Å²) in [4.78, 5) is 22.9. The van der Waals surface area contributed by atoms with Gasteiger partial charge >= 0.3 is 0 Å². The molecule has 1 aromatic rings. The molecule has 0 unspecified atom stereocenters. The molecule has 2 amide bonds. The minimum atomic E-state index is -0.174. The van der Waals surface area contributed by atoms with Crippen molar-refractivity contribution in [1.29, 1.82) is 0 Å². The predicted octanol–water partition coefficient (Wildman–Crippen LogP) is 2.24. The molecule has 5 heteroatoms. The highest BCUT2D eigenvalue weighted by atomic mass is 32.1. The Kier molecular flexibility index (Phi) is 4.98. The van der Waals surface area contributed by atoms with E-state index < -0.39 is 0 Å². The van der Waals surface area contributed by atoms with E-state index in [9.17, 15) is 9.59 Å². The summed E-state index contributed by atoms with van der Waals surface area (Å²) < 4.78 is 0. The molecule has 0 atom stereocenters. The molecule has 1 aromatic heterocycles. The molecular weight excluding hydrogens is 224 g/mol. The molecule has 0 saturated carbocycles. The number of rotatable bonds is 5. The first kappa shape index (κ1) is 12.7.